The van der Waals surface area contributed by atoms with Crippen molar-refractivity contribution in [1.82, 2.24) is 4.90 Å². The predicted octanol–water partition coefficient (Wildman–Crippen LogP) is 4.44. The van der Waals surface area contributed by atoms with Gasteiger partial charge in [0.05, 0.1) is 17.9 Å². The number of ether oxygens (including phenoxy) is 1. The summed E-state index contributed by atoms with van der Waals surface area (Å²) in [7, 11) is 0. The van der Waals surface area contributed by atoms with Gasteiger partial charge in [0.25, 0.3) is 5.91 Å². The van der Waals surface area contributed by atoms with Crippen molar-refractivity contribution in [3.05, 3.63) is 70.5 Å². The fourth-order valence-electron chi connectivity index (χ4n) is 4.08. The summed E-state index contributed by atoms with van der Waals surface area (Å²) in [6.45, 7) is 0.881. The Hall–Kier alpha value is -3.03. The molecule has 2 aliphatic heterocycles. The fraction of sp³-hybridized carbons (Fsp3) is 0.273. The number of fused-ring (bicyclic) bond motifs is 1. The van der Waals surface area contributed by atoms with Crippen LogP contribution in [0.2, 0.25) is 5.02 Å². The number of carbonyl (C=O) groups excluding carboxylic acids is 2. The van der Waals surface area contributed by atoms with Gasteiger partial charge in [0.15, 0.2) is 11.5 Å². The molecule has 8 heteroatoms. The van der Waals surface area contributed by atoms with Crippen LogP contribution in [0.5, 0.6) is 0 Å². The van der Waals surface area contributed by atoms with Crippen molar-refractivity contribution in [2.24, 2.45) is 0 Å². The molecule has 1 saturated heterocycles. The zero-order chi connectivity index (χ0) is 20.8. The summed E-state index contributed by atoms with van der Waals surface area (Å²) in [5.74, 6) is -1.42. The molecule has 1 amide bonds. The third kappa shape index (κ3) is 3.11. The van der Waals surface area contributed by atoms with Gasteiger partial charge in [0.1, 0.15) is 17.4 Å². The van der Waals surface area contributed by atoms with E-state index >= 15 is 0 Å². The number of benzene rings is 1. The van der Waals surface area contributed by atoms with Crippen LogP contribution in [0.1, 0.15) is 35.2 Å². The predicted molar refractivity (Wildman–Crippen MR) is 107 cm³/mol. The number of ketones is 1. The van der Waals surface area contributed by atoms with Crippen LogP contribution in [-0.2, 0) is 9.53 Å². The first-order chi connectivity index (χ1) is 14.5. The maximum Gasteiger partial charge on any atom is 0.290 e. The number of carbonyl (C=O) groups is 2. The maximum atomic E-state index is 13.3. The largest absolute Gasteiger partial charge is 0.503 e. The summed E-state index contributed by atoms with van der Waals surface area (Å²) in [4.78, 5) is 27.7. The van der Waals surface area contributed by atoms with Crippen molar-refractivity contribution >= 4 is 34.3 Å². The van der Waals surface area contributed by atoms with Gasteiger partial charge in [0.2, 0.25) is 5.78 Å². The second-order valence-electron chi connectivity index (χ2n) is 7.39. The Morgan fingerprint density at radius 2 is 2.13 bits per heavy atom. The Labute approximate surface area is 176 Å². The highest BCUT2D eigenvalue weighted by molar-refractivity contribution is 6.31. The van der Waals surface area contributed by atoms with Crippen LogP contribution in [0.25, 0.3) is 11.0 Å². The summed E-state index contributed by atoms with van der Waals surface area (Å²) in [5.41, 5.74) is 0.413. The van der Waals surface area contributed by atoms with Gasteiger partial charge in [-0.3, -0.25) is 9.59 Å². The third-order valence-corrected chi connectivity index (χ3v) is 5.72. The zero-order valence-electron chi connectivity index (χ0n) is 15.8. The molecule has 3 aromatic rings. The molecule has 5 rings (SSSR count). The van der Waals surface area contributed by atoms with Gasteiger partial charge in [-0.2, -0.15) is 0 Å². The molecule has 4 heterocycles. The lowest BCUT2D eigenvalue weighted by atomic mass is 9.99. The van der Waals surface area contributed by atoms with E-state index in [9.17, 15) is 14.7 Å². The van der Waals surface area contributed by atoms with E-state index in [1.165, 1.54) is 11.2 Å². The minimum atomic E-state index is -0.860. The van der Waals surface area contributed by atoms with Gasteiger partial charge in [-0.05, 0) is 49.2 Å². The Kier molecular flexibility index (Phi) is 4.64. The van der Waals surface area contributed by atoms with Crippen molar-refractivity contribution in [3.63, 3.8) is 0 Å². The number of furan rings is 2. The van der Waals surface area contributed by atoms with Crippen LogP contribution in [0.3, 0.4) is 0 Å². The molecular weight excluding hydrogens is 410 g/mol. The molecule has 7 nitrogen and oxygen atoms in total. The van der Waals surface area contributed by atoms with Crippen molar-refractivity contribution in [1.29, 1.82) is 0 Å². The lowest BCUT2D eigenvalue weighted by Crippen LogP contribution is -2.37. The van der Waals surface area contributed by atoms with E-state index in [0.29, 0.717) is 28.4 Å². The number of Topliss-reactive ketones (excluding diaryl/α,β-unsaturated/α-hetero) is 1. The summed E-state index contributed by atoms with van der Waals surface area (Å²) in [5, 5.41) is 11.8. The number of hydrogen-bond donors (Lipinski definition) is 1. The van der Waals surface area contributed by atoms with E-state index in [4.69, 9.17) is 25.2 Å². The molecule has 154 valence electrons. The minimum absolute atomic E-state index is 0.0112. The summed E-state index contributed by atoms with van der Waals surface area (Å²) < 4.78 is 16.9. The number of aliphatic hydroxyl groups excluding tert-OH is 1. The monoisotopic (exact) mass is 427 g/mol. The molecule has 0 saturated carbocycles. The summed E-state index contributed by atoms with van der Waals surface area (Å²) >= 11 is 6.02. The average Bonchev–Trinajstić information content (AvgIpc) is 3.52. The number of amides is 1. The normalized spacial score (nSPS) is 21.9. The van der Waals surface area contributed by atoms with Crippen LogP contribution in [0.15, 0.2) is 62.8 Å². The average molecular weight is 428 g/mol. The van der Waals surface area contributed by atoms with E-state index in [1.807, 2.05) is 0 Å². The Bertz CT molecular complexity index is 1160. The van der Waals surface area contributed by atoms with E-state index in [0.717, 1.165) is 12.8 Å². The van der Waals surface area contributed by atoms with Gasteiger partial charge >= 0.3 is 0 Å². The number of hydrogen-bond acceptors (Lipinski definition) is 6. The van der Waals surface area contributed by atoms with Crippen molar-refractivity contribution in [2.75, 3.05) is 13.2 Å². The molecule has 0 spiro atoms. The molecule has 30 heavy (non-hydrogen) atoms. The van der Waals surface area contributed by atoms with Gasteiger partial charge in [-0.15, -0.1) is 0 Å². The van der Waals surface area contributed by atoms with Crippen LogP contribution < -0.4 is 0 Å². The number of halogens is 1. The number of nitrogens with zero attached hydrogens (tertiary/aromatic N) is 1. The Balaban J connectivity index is 1.55. The lowest BCUT2D eigenvalue weighted by Gasteiger charge is -2.27. The van der Waals surface area contributed by atoms with Crippen molar-refractivity contribution < 1.29 is 28.3 Å². The molecule has 2 unspecified atom stereocenters. The van der Waals surface area contributed by atoms with Crippen molar-refractivity contribution in [3.8, 4) is 0 Å². The molecular formula is C22H18ClNO6. The number of aliphatic hydroxyl groups is 1. The van der Waals surface area contributed by atoms with Crippen molar-refractivity contribution in [2.45, 2.75) is 25.0 Å². The van der Waals surface area contributed by atoms with Crippen LogP contribution >= 0.6 is 11.6 Å². The third-order valence-electron chi connectivity index (χ3n) is 5.49. The molecule has 2 atom stereocenters. The van der Waals surface area contributed by atoms with Crippen LogP contribution in [0, 0.1) is 0 Å². The van der Waals surface area contributed by atoms with Crippen LogP contribution in [-0.4, -0.2) is 41.0 Å². The van der Waals surface area contributed by atoms with Gasteiger partial charge < -0.3 is 23.6 Å². The zero-order valence-corrected chi connectivity index (χ0v) is 16.6. The molecule has 0 radical (unpaired) electrons. The smallest absolute Gasteiger partial charge is 0.290 e. The quantitative estimate of drug-likeness (QED) is 0.605. The van der Waals surface area contributed by atoms with Gasteiger partial charge in [-0.1, -0.05) is 11.6 Å². The molecule has 1 aromatic carbocycles. The van der Waals surface area contributed by atoms with E-state index < -0.39 is 23.5 Å². The topological polar surface area (TPSA) is 93.1 Å². The minimum Gasteiger partial charge on any atom is -0.503 e. The maximum absolute atomic E-state index is 13.3. The molecule has 2 aromatic heterocycles. The molecule has 1 fully saturated rings. The van der Waals surface area contributed by atoms with Gasteiger partial charge in [-0.25, -0.2) is 0 Å². The lowest BCUT2D eigenvalue weighted by molar-refractivity contribution is -0.131. The summed E-state index contributed by atoms with van der Waals surface area (Å²) in [6.07, 6.45) is 3.03. The Morgan fingerprint density at radius 3 is 2.87 bits per heavy atom. The molecule has 1 N–H and O–H groups in total. The van der Waals surface area contributed by atoms with Gasteiger partial charge in [0, 0.05) is 23.6 Å². The van der Waals surface area contributed by atoms with E-state index in [1.54, 1.807) is 36.4 Å². The number of rotatable bonds is 5. The Morgan fingerprint density at radius 1 is 1.27 bits per heavy atom. The SMILES string of the molecule is O=C(C1=C(O)C(=O)N(CC2CCCO2)C1c1ccco1)c1cc2cc(Cl)ccc2o1. The summed E-state index contributed by atoms with van der Waals surface area (Å²) in [6, 6.07) is 9.04. The standard InChI is InChI=1S/C22H18ClNO6/c23-13-5-6-15-12(9-13)10-17(30-15)20(25)18-19(16-4-2-8-29-16)24(22(27)21(18)26)11-14-3-1-7-28-14/h2,4-6,8-10,14,19,26H,1,3,7,11H2. The molecule has 0 bridgehead atoms. The molecule has 2 aliphatic rings. The first-order valence-corrected chi connectivity index (χ1v) is 10.0. The highest BCUT2D eigenvalue weighted by atomic mass is 35.5. The highest BCUT2D eigenvalue weighted by Gasteiger charge is 2.46. The van der Waals surface area contributed by atoms with E-state index in [2.05, 4.69) is 0 Å². The second kappa shape index (κ2) is 7.34. The first-order valence-electron chi connectivity index (χ1n) is 9.66. The highest BCUT2D eigenvalue weighted by Crippen LogP contribution is 2.40. The fourth-order valence-corrected chi connectivity index (χ4v) is 4.26. The second-order valence-corrected chi connectivity index (χ2v) is 7.83. The molecule has 0 aliphatic carbocycles. The first kappa shape index (κ1) is 19.0. The van der Waals surface area contributed by atoms with Crippen LogP contribution in [0.4, 0.5) is 0 Å². The van der Waals surface area contributed by atoms with E-state index in [-0.39, 0.29) is 24.0 Å².